The Balaban J connectivity index is 3.91. The molecular formula is C10H19NO4. The van der Waals surface area contributed by atoms with Crippen molar-refractivity contribution >= 4 is 11.9 Å². The molecule has 0 heterocycles. The molecule has 0 fully saturated rings. The van der Waals surface area contributed by atoms with Crippen molar-refractivity contribution < 1.29 is 19.8 Å². The maximum Gasteiger partial charge on any atom is 0.317 e. The van der Waals surface area contributed by atoms with E-state index >= 15 is 0 Å². The summed E-state index contributed by atoms with van der Waals surface area (Å²) in [5.74, 6) is -3.76. The fourth-order valence-electron chi connectivity index (χ4n) is 1.41. The monoisotopic (exact) mass is 217 g/mol. The van der Waals surface area contributed by atoms with Crippen LogP contribution >= 0.6 is 0 Å². The first-order valence-corrected chi connectivity index (χ1v) is 5.20. The van der Waals surface area contributed by atoms with Crippen molar-refractivity contribution in [2.24, 2.45) is 5.92 Å². The molecule has 0 saturated heterocycles. The molecule has 2 N–H and O–H groups in total. The predicted molar refractivity (Wildman–Crippen MR) is 55.8 cm³/mol. The zero-order valence-corrected chi connectivity index (χ0v) is 9.27. The van der Waals surface area contributed by atoms with E-state index in [2.05, 4.69) is 4.90 Å². The van der Waals surface area contributed by atoms with Crippen molar-refractivity contribution in [2.75, 3.05) is 19.6 Å². The summed E-state index contributed by atoms with van der Waals surface area (Å²) in [6, 6.07) is 0. The van der Waals surface area contributed by atoms with E-state index in [-0.39, 0.29) is 6.42 Å². The molecule has 0 aromatic rings. The van der Waals surface area contributed by atoms with Gasteiger partial charge in [0.05, 0.1) is 0 Å². The Morgan fingerprint density at radius 3 is 1.93 bits per heavy atom. The molecule has 0 unspecified atom stereocenters. The third-order valence-corrected chi connectivity index (χ3v) is 2.46. The maximum absolute atomic E-state index is 10.6. The van der Waals surface area contributed by atoms with E-state index in [1.54, 1.807) is 0 Å². The van der Waals surface area contributed by atoms with Crippen LogP contribution in [0.2, 0.25) is 0 Å². The minimum absolute atomic E-state index is 0.196. The number of carbonyl (C=O) groups is 2. The van der Waals surface area contributed by atoms with Crippen LogP contribution in [0, 0.1) is 5.92 Å². The Bertz CT molecular complexity index is 199. The van der Waals surface area contributed by atoms with Gasteiger partial charge < -0.3 is 15.1 Å². The molecule has 0 radical (unpaired) electrons. The van der Waals surface area contributed by atoms with E-state index in [0.717, 1.165) is 19.6 Å². The van der Waals surface area contributed by atoms with Crippen LogP contribution in [0.1, 0.15) is 26.7 Å². The summed E-state index contributed by atoms with van der Waals surface area (Å²) < 4.78 is 0. The minimum atomic E-state index is -1.26. The number of rotatable bonds is 8. The summed E-state index contributed by atoms with van der Waals surface area (Å²) in [7, 11) is 0. The highest BCUT2D eigenvalue weighted by Crippen LogP contribution is 2.08. The number of aliphatic carboxylic acids is 2. The van der Waals surface area contributed by atoms with Gasteiger partial charge in [0.1, 0.15) is 0 Å². The van der Waals surface area contributed by atoms with Crippen molar-refractivity contribution in [1.82, 2.24) is 4.90 Å². The van der Waals surface area contributed by atoms with Gasteiger partial charge in [-0.2, -0.15) is 0 Å². The lowest BCUT2D eigenvalue weighted by atomic mass is 10.0. The van der Waals surface area contributed by atoms with Gasteiger partial charge in [0.25, 0.3) is 0 Å². The first-order chi connectivity index (χ1) is 7.02. The highest BCUT2D eigenvalue weighted by Gasteiger charge is 2.24. The zero-order valence-electron chi connectivity index (χ0n) is 9.27. The van der Waals surface area contributed by atoms with E-state index in [9.17, 15) is 9.59 Å². The highest BCUT2D eigenvalue weighted by molar-refractivity contribution is 5.92. The Morgan fingerprint density at radius 2 is 1.60 bits per heavy atom. The van der Waals surface area contributed by atoms with Gasteiger partial charge in [-0.1, -0.05) is 13.8 Å². The van der Waals surface area contributed by atoms with E-state index < -0.39 is 17.9 Å². The molecular weight excluding hydrogens is 198 g/mol. The summed E-state index contributed by atoms with van der Waals surface area (Å²) >= 11 is 0. The molecule has 5 nitrogen and oxygen atoms in total. The Hall–Kier alpha value is -1.10. The van der Waals surface area contributed by atoms with E-state index in [4.69, 9.17) is 10.2 Å². The Morgan fingerprint density at radius 1 is 1.13 bits per heavy atom. The number of carboxylic acid groups (broad SMARTS) is 2. The molecule has 0 aliphatic rings. The Kier molecular flexibility index (Phi) is 6.70. The largest absolute Gasteiger partial charge is 0.481 e. The zero-order chi connectivity index (χ0) is 11.8. The second-order valence-corrected chi connectivity index (χ2v) is 3.40. The second-order valence-electron chi connectivity index (χ2n) is 3.40. The van der Waals surface area contributed by atoms with E-state index in [0.29, 0.717) is 6.42 Å². The van der Waals surface area contributed by atoms with Crippen molar-refractivity contribution in [1.29, 1.82) is 0 Å². The molecule has 0 saturated carbocycles. The fraction of sp³-hybridized carbons (Fsp3) is 0.800. The standard InChI is InChI=1S/C10H19NO4/c1-3-11(4-2)7-5-6-8(9(12)13)10(14)15/h8H,3-7H2,1-2H3,(H,12,13)(H,14,15). The number of hydrogen-bond donors (Lipinski definition) is 2. The lowest BCUT2D eigenvalue weighted by Crippen LogP contribution is -2.27. The molecule has 0 aromatic carbocycles. The van der Waals surface area contributed by atoms with Crippen LogP contribution in [-0.2, 0) is 9.59 Å². The van der Waals surface area contributed by atoms with Crippen LogP contribution in [0.15, 0.2) is 0 Å². The summed E-state index contributed by atoms with van der Waals surface area (Å²) in [6.45, 7) is 6.61. The predicted octanol–water partition coefficient (Wildman–Crippen LogP) is 0.894. The summed E-state index contributed by atoms with van der Waals surface area (Å²) in [5.41, 5.74) is 0. The topological polar surface area (TPSA) is 77.8 Å². The molecule has 0 aliphatic heterocycles. The molecule has 0 atom stereocenters. The lowest BCUT2D eigenvalue weighted by Gasteiger charge is -2.18. The molecule has 0 aromatic heterocycles. The smallest absolute Gasteiger partial charge is 0.317 e. The van der Waals surface area contributed by atoms with Crippen LogP contribution in [0.4, 0.5) is 0 Å². The van der Waals surface area contributed by atoms with Crippen LogP contribution in [0.5, 0.6) is 0 Å². The van der Waals surface area contributed by atoms with Crippen molar-refractivity contribution in [3.05, 3.63) is 0 Å². The van der Waals surface area contributed by atoms with Gasteiger partial charge in [0.15, 0.2) is 5.92 Å². The number of hydrogen-bond acceptors (Lipinski definition) is 3. The molecule has 0 rings (SSSR count). The second kappa shape index (κ2) is 7.23. The molecule has 0 amide bonds. The van der Waals surface area contributed by atoms with Gasteiger partial charge >= 0.3 is 11.9 Å². The van der Waals surface area contributed by atoms with Crippen LogP contribution in [0.25, 0.3) is 0 Å². The maximum atomic E-state index is 10.6. The van der Waals surface area contributed by atoms with Gasteiger partial charge in [-0.15, -0.1) is 0 Å². The summed E-state index contributed by atoms with van der Waals surface area (Å²) in [5, 5.41) is 17.3. The van der Waals surface area contributed by atoms with Crippen molar-refractivity contribution in [2.45, 2.75) is 26.7 Å². The van der Waals surface area contributed by atoms with Crippen LogP contribution in [-0.4, -0.2) is 46.7 Å². The van der Waals surface area contributed by atoms with Gasteiger partial charge in [-0.3, -0.25) is 9.59 Å². The first kappa shape index (κ1) is 13.9. The quantitative estimate of drug-likeness (QED) is 0.590. The minimum Gasteiger partial charge on any atom is -0.481 e. The lowest BCUT2D eigenvalue weighted by molar-refractivity contribution is -0.154. The Labute approximate surface area is 89.7 Å². The first-order valence-electron chi connectivity index (χ1n) is 5.20. The van der Waals surface area contributed by atoms with Crippen LogP contribution < -0.4 is 0 Å². The molecule has 0 aliphatic carbocycles. The SMILES string of the molecule is CCN(CC)CCCC(C(=O)O)C(=O)O. The fourth-order valence-corrected chi connectivity index (χ4v) is 1.41. The van der Waals surface area contributed by atoms with Crippen molar-refractivity contribution in [3.8, 4) is 0 Å². The molecule has 0 spiro atoms. The normalized spacial score (nSPS) is 10.9. The average molecular weight is 217 g/mol. The number of carboxylic acids is 2. The highest BCUT2D eigenvalue weighted by atomic mass is 16.4. The molecule has 88 valence electrons. The van der Waals surface area contributed by atoms with Gasteiger partial charge in [0, 0.05) is 0 Å². The average Bonchev–Trinajstić information content (AvgIpc) is 2.17. The summed E-state index contributed by atoms with van der Waals surface area (Å²) in [4.78, 5) is 23.3. The van der Waals surface area contributed by atoms with Gasteiger partial charge in [-0.05, 0) is 32.5 Å². The van der Waals surface area contributed by atoms with E-state index in [1.807, 2.05) is 13.8 Å². The molecule has 5 heteroatoms. The van der Waals surface area contributed by atoms with Gasteiger partial charge in [0.2, 0.25) is 0 Å². The van der Waals surface area contributed by atoms with E-state index in [1.165, 1.54) is 0 Å². The van der Waals surface area contributed by atoms with Crippen LogP contribution in [0.3, 0.4) is 0 Å². The third-order valence-electron chi connectivity index (χ3n) is 2.46. The van der Waals surface area contributed by atoms with Crippen molar-refractivity contribution in [3.63, 3.8) is 0 Å². The third kappa shape index (κ3) is 5.37. The molecule has 0 bridgehead atoms. The number of nitrogens with zero attached hydrogens (tertiary/aromatic N) is 1. The summed E-state index contributed by atoms with van der Waals surface area (Å²) in [6.07, 6.45) is 0.798. The molecule has 15 heavy (non-hydrogen) atoms. The van der Waals surface area contributed by atoms with Gasteiger partial charge in [-0.25, -0.2) is 0 Å².